The number of nitrogens with one attached hydrogen (secondary N) is 1. The maximum atomic E-state index is 12.2. The van der Waals surface area contributed by atoms with Crippen LogP contribution in [-0.4, -0.2) is 17.5 Å². The van der Waals surface area contributed by atoms with Gasteiger partial charge in [-0.3, -0.25) is 4.79 Å². The first-order valence-corrected chi connectivity index (χ1v) is 6.71. The molecule has 0 fully saturated rings. The van der Waals surface area contributed by atoms with E-state index in [0.717, 1.165) is 0 Å². The number of hydrogen-bond donors (Lipinski definition) is 1. The number of pyridine rings is 1. The Balaban J connectivity index is 2.23. The van der Waals surface area contributed by atoms with Crippen LogP contribution in [0.1, 0.15) is 17.3 Å². The largest absolute Gasteiger partial charge is 0.477 e. The van der Waals surface area contributed by atoms with E-state index in [0.29, 0.717) is 33.8 Å². The fourth-order valence-corrected chi connectivity index (χ4v) is 2.17. The van der Waals surface area contributed by atoms with Crippen LogP contribution >= 0.6 is 23.2 Å². The number of amides is 1. The highest BCUT2D eigenvalue weighted by Gasteiger charge is 2.13. The smallest absolute Gasteiger partial charge is 0.261 e. The van der Waals surface area contributed by atoms with Crippen molar-refractivity contribution < 1.29 is 9.53 Å². The zero-order valence-corrected chi connectivity index (χ0v) is 12.2. The first-order chi connectivity index (χ1) is 9.60. The van der Waals surface area contributed by atoms with E-state index in [1.165, 1.54) is 0 Å². The molecule has 0 aliphatic rings. The quantitative estimate of drug-likeness (QED) is 0.927. The summed E-state index contributed by atoms with van der Waals surface area (Å²) in [7, 11) is 0. The summed E-state index contributed by atoms with van der Waals surface area (Å²) in [5, 5.41) is 3.61. The molecule has 1 heterocycles. The summed E-state index contributed by atoms with van der Waals surface area (Å²) in [5.74, 6) is -0.0412. The summed E-state index contributed by atoms with van der Waals surface area (Å²) in [4.78, 5) is 16.2. The molecule has 1 aromatic heterocycles. The van der Waals surface area contributed by atoms with Crippen LogP contribution in [0.2, 0.25) is 10.0 Å². The fraction of sp³-hybridized carbons (Fsp3) is 0.143. The maximum Gasteiger partial charge on any atom is 0.261 e. The van der Waals surface area contributed by atoms with Crippen molar-refractivity contribution in [1.29, 1.82) is 0 Å². The predicted octanol–water partition coefficient (Wildman–Crippen LogP) is 4.04. The van der Waals surface area contributed by atoms with Gasteiger partial charge in [-0.2, -0.15) is 0 Å². The lowest BCUT2D eigenvalue weighted by atomic mass is 10.2. The van der Waals surface area contributed by atoms with Crippen LogP contribution in [0.4, 0.5) is 5.69 Å². The van der Waals surface area contributed by atoms with Crippen molar-refractivity contribution in [2.24, 2.45) is 0 Å². The van der Waals surface area contributed by atoms with E-state index in [1.807, 2.05) is 6.92 Å². The van der Waals surface area contributed by atoms with Gasteiger partial charge in [0.1, 0.15) is 5.56 Å². The van der Waals surface area contributed by atoms with Crippen molar-refractivity contribution >= 4 is 34.8 Å². The second-order valence-corrected chi connectivity index (χ2v) is 4.77. The molecule has 0 unspecified atom stereocenters. The minimum atomic E-state index is -0.333. The van der Waals surface area contributed by atoms with E-state index < -0.39 is 0 Å². The van der Waals surface area contributed by atoms with Gasteiger partial charge in [0.15, 0.2) is 0 Å². The summed E-state index contributed by atoms with van der Waals surface area (Å²) in [6.07, 6.45) is 1.57. The van der Waals surface area contributed by atoms with Gasteiger partial charge in [0, 0.05) is 21.9 Å². The fourth-order valence-electron chi connectivity index (χ4n) is 1.64. The van der Waals surface area contributed by atoms with Crippen molar-refractivity contribution in [1.82, 2.24) is 4.98 Å². The Bertz CT molecular complexity index is 612. The number of nitrogens with zero attached hydrogens (tertiary/aromatic N) is 1. The van der Waals surface area contributed by atoms with Crippen LogP contribution in [0.15, 0.2) is 36.5 Å². The van der Waals surface area contributed by atoms with Gasteiger partial charge in [0.25, 0.3) is 5.91 Å². The van der Waals surface area contributed by atoms with Crippen LogP contribution in [0.3, 0.4) is 0 Å². The Kier molecular flexibility index (Phi) is 4.82. The Hall–Kier alpha value is -1.78. The first kappa shape index (κ1) is 14.6. The van der Waals surface area contributed by atoms with E-state index in [9.17, 15) is 4.79 Å². The molecule has 2 rings (SSSR count). The molecule has 0 radical (unpaired) electrons. The summed E-state index contributed by atoms with van der Waals surface area (Å²) < 4.78 is 5.32. The average molecular weight is 311 g/mol. The number of ether oxygens (including phenoxy) is 1. The zero-order valence-electron chi connectivity index (χ0n) is 10.7. The molecule has 104 valence electrons. The van der Waals surface area contributed by atoms with Crippen molar-refractivity contribution in [3.05, 3.63) is 52.1 Å². The third-order valence-corrected chi connectivity index (χ3v) is 2.85. The van der Waals surface area contributed by atoms with Crippen LogP contribution in [0.25, 0.3) is 0 Å². The average Bonchev–Trinajstić information content (AvgIpc) is 2.38. The standard InChI is InChI=1S/C14H12Cl2N2O2/c1-2-20-14-12(4-3-5-17-14)13(19)18-11-7-9(15)6-10(16)8-11/h3-8H,2H2,1H3,(H,18,19). The molecule has 1 amide bonds. The van der Waals surface area contributed by atoms with Crippen molar-refractivity contribution in [2.45, 2.75) is 6.92 Å². The molecular weight excluding hydrogens is 299 g/mol. The number of anilines is 1. The summed E-state index contributed by atoms with van der Waals surface area (Å²) in [6.45, 7) is 2.26. The molecule has 1 aromatic carbocycles. The minimum Gasteiger partial charge on any atom is -0.477 e. The Labute approximate surface area is 126 Å². The third kappa shape index (κ3) is 3.62. The second-order valence-electron chi connectivity index (χ2n) is 3.90. The van der Waals surface area contributed by atoms with E-state index in [1.54, 1.807) is 36.5 Å². The van der Waals surface area contributed by atoms with Crippen LogP contribution in [0.5, 0.6) is 5.88 Å². The van der Waals surface area contributed by atoms with Gasteiger partial charge in [-0.05, 0) is 37.3 Å². The number of hydrogen-bond acceptors (Lipinski definition) is 3. The molecule has 1 N–H and O–H groups in total. The molecule has 0 aliphatic heterocycles. The second kappa shape index (κ2) is 6.59. The molecule has 2 aromatic rings. The van der Waals surface area contributed by atoms with Crippen molar-refractivity contribution in [2.75, 3.05) is 11.9 Å². The number of aromatic nitrogens is 1. The normalized spacial score (nSPS) is 10.2. The van der Waals surface area contributed by atoms with Gasteiger partial charge < -0.3 is 10.1 Å². The molecular formula is C14H12Cl2N2O2. The van der Waals surface area contributed by atoms with E-state index in [2.05, 4.69) is 10.3 Å². The topological polar surface area (TPSA) is 51.2 Å². The Morgan fingerprint density at radius 3 is 2.65 bits per heavy atom. The molecule has 0 saturated heterocycles. The SMILES string of the molecule is CCOc1ncccc1C(=O)Nc1cc(Cl)cc(Cl)c1. The minimum absolute atomic E-state index is 0.292. The zero-order chi connectivity index (χ0) is 14.5. The highest BCUT2D eigenvalue weighted by atomic mass is 35.5. The summed E-state index contributed by atoms with van der Waals surface area (Å²) >= 11 is 11.8. The summed E-state index contributed by atoms with van der Waals surface area (Å²) in [5.41, 5.74) is 0.865. The Morgan fingerprint density at radius 1 is 1.30 bits per heavy atom. The Morgan fingerprint density at radius 2 is 2.00 bits per heavy atom. The van der Waals surface area contributed by atoms with Crippen molar-refractivity contribution in [3.63, 3.8) is 0 Å². The lowest BCUT2D eigenvalue weighted by Crippen LogP contribution is -2.14. The monoisotopic (exact) mass is 310 g/mol. The van der Waals surface area contributed by atoms with Gasteiger partial charge in [-0.1, -0.05) is 23.2 Å². The van der Waals surface area contributed by atoms with Gasteiger partial charge in [0.05, 0.1) is 6.61 Å². The van der Waals surface area contributed by atoms with E-state index in [-0.39, 0.29) is 5.91 Å². The lowest BCUT2D eigenvalue weighted by molar-refractivity contribution is 0.102. The molecule has 6 heteroatoms. The molecule has 20 heavy (non-hydrogen) atoms. The molecule has 0 spiro atoms. The maximum absolute atomic E-state index is 12.2. The number of benzene rings is 1. The van der Waals surface area contributed by atoms with Gasteiger partial charge in [0.2, 0.25) is 5.88 Å². The van der Waals surface area contributed by atoms with E-state index >= 15 is 0 Å². The highest BCUT2D eigenvalue weighted by Crippen LogP contribution is 2.24. The predicted molar refractivity (Wildman–Crippen MR) is 79.8 cm³/mol. The number of halogens is 2. The van der Waals surface area contributed by atoms with Crippen molar-refractivity contribution in [3.8, 4) is 5.88 Å². The summed E-state index contributed by atoms with van der Waals surface area (Å²) in [6, 6.07) is 8.13. The van der Waals surface area contributed by atoms with Crippen LogP contribution in [-0.2, 0) is 0 Å². The molecule has 0 bridgehead atoms. The number of carbonyl (C=O) groups is 1. The molecule has 4 nitrogen and oxygen atoms in total. The van der Waals surface area contributed by atoms with Gasteiger partial charge in [-0.25, -0.2) is 4.98 Å². The van der Waals surface area contributed by atoms with Gasteiger partial charge in [-0.15, -0.1) is 0 Å². The van der Waals surface area contributed by atoms with Gasteiger partial charge >= 0.3 is 0 Å². The number of carbonyl (C=O) groups excluding carboxylic acids is 1. The third-order valence-electron chi connectivity index (χ3n) is 2.42. The molecule has 0 saturated carbocycles. The first-order valence-electron chi connectivity index (χ1n) is 5.95. The number of rotatable bonds is 4. The highest BCUT2D eigenvalue weighted by molar-refractivity contribution is 6.35. The van der Waals surface area contributed by atoms with E-state index in [4.69, 9.17) is 27.9 Å². The van der Waals surface area contributed by atoms with Crippen LogP contribution in [0, 0.1) is 0 Å². The molecule has 0 atom stereocenters. The van der Waals surface area contributed by atoms with Crippen LogP contribution < -0.4 is 10.1 Å². The molecule has 0 aliphatic carbocycles. The lowest BCUT2D eigenvalue weighted by Gasteiger charge is -2.09.